The minimum atomic E-state index is -0.110. The summed E-state index contributed by atoms with van der Waals surface area (Å²) in [5.41, 5.74) is 6.86. The van der Waals surface area contributed by atoms with Crippen LogP contribution in [0.4, 0.5) is 5.82 Å². The molecule has 2 rings (SSSR count). The second-order valence-electron chi connectivity index (χ2n) is 2.55. The maximum absolute atomic E-state index is 8.94. The van der Waals surface area contributed by atoms with E-state index >= 15 is 0 Å². The van der Waals surface area contributed by atoms with Crippen molar-refractivity contribution in [3.8, 4) is 0 Å². The maximum atomic E-state index is 8.94. The van der Waals surface area contributed by atoms with Crippen LogP contribution in [0.2, 0.25) is 5.28 Å². The van der Waals surface area contributed by atoms with Crippen LogP contribution < -0.4 is 5.73 Å². The highest BCUT2D eigenvalue weighted by Crippen LogP contribution is 2.15. The fraction of sp³-hybridized carbons (Fsp3) is 0.143. The van der Waals surface area contributed by atoms with Gasteiger partial charge in [0.15, 0.2) is 5.82 Å². The molecule has 0 saturated heterocycles. The smallest absolute Gasteiger partial charge is 0.243 e. The van der Waals surface area contributed by atoms with Crippen molar-refractivity contribution in [3.63, 3.8) is 0 Å². The van der Waals surface area contributed by atoms with Gasteiger partial charge in [0.2, 0.25) is 5.28 Å². The highest BCUT2D eigenvalue weighted by molar-refractivity contribution is 6.28. The zero-order valence-corrected chi connectivity index (χ0v) is 7.36. The predicted octanol–water partition coefficient (Wildman–Crippen LogP) is 0.457. The van der Waals surface area contributed by atoms with E-state index in [9.17, 15) is 0 Å². The second-order valence-corrected chi connectivity index (χ2v) is 2.88. The lowest BCUT2D eigenvalue weighted by Crippen LogP contribution is -2.03. The van der Waals surface area contributed by atoms with Crippen LogP contribution in [0, 0.1) is 0 Å². The van der Waals surface area contributed by atoms with Crippen LogP contribution in [0.1, 0.15) is 5.69 Å². The summed E-state index contributed by atoms with van der Waals surface area (Å²) in [6.07, 6.45) is 0. The van der Waals surface area contributed by atoms with Crippen LogP contribution in [0.25, 0.3) is 5.52 Å². The Morgan fingerprint density at radius 2 is 2.31 bits per heavy atom. The second kappa shape index (κ2) is 2.86. The molecule has 0 spiro atoms. The number of fused-ring (bicyclic) bond motifs is 1. The van der Waals surface area contributed by atoms with Crippen LogP contribution in [0.5, 0.6) is 0 Å². The van der Waals surface area contributed by atoms with Crippen LogP contribution in [0.15, 0.2) is 12.1 Å². The molecule has 0 aliphatic heterocycles. The Morgan fingerprint density at radius 1 is 1.54 bits per heavy atom. The Balaban J connectivity index is 2.82. The van der Waals surface area contributed by atoms with Crippen molar-refractivity contribution < 1.29 is 5.11 Å². The molecule has 0 unspecified atom stereocenters. The molecule has 68 valence electrons. The minimum Gasteiger partial charge on any atom is -0.390 e. The summed E-state index contributed by atoms with van der Waals surface area (Å²) in [7, 11) is 0. The summed E-state index contributed by atoms with van der Waals surface area (Å²) in [6, 6.07) is 3.45. The average molecular weight is 199 g/mol. The van der Waals surface area contributed by atoms with Gasteiger partial charge in [0.1, 0.15) is 5.52 Å². The van der Waals surface area contributed by atoms with Crippen molar-refractivity contribution in [2.45, 2.75) is 6.61 Å². The van der Waals surface area contributed by atoms with Crippen molar-refractivity contribution in [1.82, 2.24) is 14.6 Å². The number of aliphatic hydroxyl groups is 1. The van der Waals surface area contributed by atoms with E-state index in [-0.39, 0.29) is 11.9 Å². The van der Waals surface area contributed by atoms with Gasteiger partial charge in [-0.05, 0) is 23.7 Å². The Labute approximate surface area is 78.8 Å². The number of aromatic nitrogens is 3. The Morgan fingerprint density at radius 3 is 3.00 bits per heavy atom. The third-order valence-electron chi connectivity index (χ3n) is 1.75. The molecule has 0 amide bonds. The molecule has 0 aliphatic rings. The molecular formula is C7H7ClN4O. The molecule has 6 heteroatoms. The van der Waals surface area contributed by atoms with Crippen LogP contribution in [-0.4, -0.2) is 19.7 Å². The van der Waals surface area contributed by atoms with Gasteiger partial charge in [-0.1, -0.05) is 0 Å². The van der Waals surface area contributed by atoms with E-state index < -0.39 is 0 Å². The quantitative estimate of drug-likeness (QED) is 0.698. The van der Waals surface area contributed by atoms with Gasteiger partial charge >= 0.3 is 0 Å². The number of halogens is 1. The van der Waals surface area contributed by atoms with E-state index in [0.29, 0.717) is 17.0 Å². The first kappa shape index (κ1) is 8.28. The zero-order chi connectivity index (χ0) is 9.42. The standard InChI is InChI=1S/C7H7ClN4O/c8-7-10-6(9)5-2-1-4(3-13)12(5)11-7/h1-2,13H,3H2,(H2,9,10,11). The van der Waals surface area contributed by atoms with Gasteiger partial charge in [-0.15, -0.1) is 5.10 Å². The number of nitrogens with zero attached hydrogens (tertiary/aromatic N) is 3. The molecule has 2 aromatic rings. The van der Waals surface area contributed by atoms with Crippen molar-refractivity contribution in [1.29, 1.82) is 0 Å². The van der Waals surface area contributed by atoms with Gasteiger partial charge in [-0.25, -0.2) is 4.52 Å². The summed E-state index contributed by atoms with van der Waals surface area (Å²) in [5, 5.41) is 12.9. The van der Waals surface area contributed by atoms with Crippen LogP contribution >= 0.6 is 11.6 Å². The molecular weight excluding hydrogens is 192 g/mol. The van der Waals surface area contributed by atoms with E-state index in [2.05, 4.69) is 10.1 Å². The molecule has 0 aromatic carbocycles. The molecule has 13 heavy (non-hydrogen) atoms. The molecule has 0 fully saturated rings. The first-order valence-corrected chi connectivity index (χ1v) is 4.00. The van der Waals surface area contributed by atoms with Gasteiger partial charge in [-0.2, -0.15) is 4.98 Å². The van der Waals surface area contributed by atoms with Gasteiger partial charge in [0, 0.05) is 0 Å². The van der Waals surface area contributed by atoms with Gasteiger partial charge in [-0.3, -0.25) is 0 Å². The van der Waals surface area contributed by atoms with Crippen molar-refractivity contribution in [2.75, 3.05) is 5.73 Å². The normalized spacial score (nSPS) is 10.9. The molecule has 0 atom stereocenters. The molecule has 2 aromatic heterocycles. The number of nitrogen functional groups attached to an aromatic ring is 1. The number of rotatable bonds is 1. The van der Waals surface area contributed by atoms with E-state index in [4.69, 9.17) is 22.4 Å². The average Bonchev–Trinajstić information content (AvgIpc) is 2.47. The van der Waals surface area contributed by atoms with Crippen molar-refractivity contribution in [3.05, 3.63) is 23.1 Å². The van der Waals surface area contributed by atoms with Gasteiger partial charge < -0.3 is 10.8 Å². The highest BCUT2D eigenvalue weighted by atomic mass is 35.5. The lowest BCUT2D eigenvalue weighted by atomic mass is 10.4. The predicted molar refractivity (Wildman–Crippen MR) is 48.3 cm³/mol. The molecule has 0 aliphatic carbocycles. The van der Waals surface area contributed by atoms with Crippen molar-refractivity contribution >= 4 is 22.9 Å². The summed E-state index contributed by atoms with van der Waals surface area (Å²) >= 11 is 5.61. The molecule has 0 bridgehead atoms. The van der Waals surface area contributed by atoms with E-state index in [1.807, 2.05) is 0 Å². The number of aliphatic hydroxyl groups excluding tert-OH is 1. The lowest BCUT2D eigenvalue weighted by molar-refractivity contribution is 0.274. The van der Waals surface area contributed by atoms with E-state index in [1.54, 1.807) is 12.1 Å². The SMILES string of the molecule is Nc1nc(Cl)nn2c(CO)ccc12. The third-order valence-corrected chi connectivity index (χ3v) is 1.91. The minimum absolute atomic E-state index is 0.0656. The Bertz CT molecular complexity index is 453. The molecule has 3 N–H and O–H groups in total. The van der Waals surface area contributed by atoms with E-state index in [0.717, 1.165) is 0 Å². The number of hydrogen-bond acceptors (Lipinski definition) is 4. The molecule has 0 saturated carbocycles. The van der Waals surface area contributed by atoms with Crippen LogP contribution in [-0.2, 0) is 6.61 Å². The fourth-order valence-electron chi connectivity index (χ4n) is 1.16. The maximum Gasteiger partial charge on any atom is 0.243 e. The molecule has 0 radical (unpaired) electrons. The highest BCUT2D eigenvalue weighted by Gasteiger charge is 2.06. The third kappa shape index (κ3) is 1.22. The Hall–Kier alpha value is -1.33. The fourth-order valence-corrected chi connectivity index (χ4v) is 1.33. The van der Waals surface area contributed by atoms with Crippen molar-refractivity contribution in [2.24, 2.45) is 0 Å². The number of hydrogen-bond donors (Lipinski definition) is 2. The summed E-state index contributed by atoms with van der Waals surface area (Å²) < 4.78 is 1.48. The number of nitrogens with two attached hydrogens (primary N) is 1. The largest absolute Gasteiger partial charge is 0.390 e. The molecule has 5 nitrogen and oxygen atoms in total. The summed E-state index contributed by atoms with van der Waals surface area (Å²) in [4.78, 5) is 3.78. The lowest BCUT2D eigenvalue weighted by Gasteiger charge is -2.00. The van der Waals surface area contributed by atoms with Crippen LogP contribution in [0.3, 0.4) is 0 Å². The van der Waals surface area contributed by atoms with Gasteiger partial charge in [0.25, 0.3) is 0 Å². The summed E-state index contributed by atoms with van der Waals surface area (Å²) in [6.45, 7) is -0.110. The Kier molecular flexibility index (Phi) is 1.82. The first-order valence-electron chi connectivity index (χ1n) is 3.63. The monoisotopic (exact) mass is 198 g/mol. The zero-order valence-electron chi connectivity index (χ0n) is 6.61. The van der Waals surface area contributed by atoms with Gasteiger partial charge in [0.05, 0.1) is 12.3 Å². The topological polar surface area (TPSA) is 76.4 Å². The first-order chi connectivity index (χ1) is 6.22. The number of anilines is 1. The summed E-state index contributed by atoms with van der Waals surface area (Å²) in [5.74, 6) is 0.305. The molecule has 2 heterocycles. The van der Waals surface area contributed by atoms with E-state index in [1.165, 1.54) is 4.52 Å².